The Morgan fingerprint density at radius 2 is 2.00 bits per heavy atom. The molecular formula is C13H17Cl2NO2. The van der Waals surface area contributed by atoms with Crippen molar-refractivity contribution in [2.45, 2.75) is 39.3 Å². The van der Waals surface area contributed by atoms with Crippen LogP contribution in [0.1, 0.15) is 27.2 Å². The van der Waals surface area contributed by atoms with Gasteiger partial charge in [0.25, 0.3) is 5.91 Å². The summed E-state index contributed by atoms with van der Waals surface area (Å²) in [5.41, 5.74) is 0. The molecule has 0 aliphatic carbocycles. The molecule has 1 rings (SSSR count). The fourth-order valence-corrected chi connectivity index (χ4v) is 1.56. The summed E-state index contributed by atoms with van der Waals surface area (Å²) in [6.07, 6.45) is 0.307. The standard InChI is InChI=1S/C13H17Cl2NO2/c1-4-8(2)16-13(17)9(3)18-10-5-6-11(14)12(15)7-10/h5-9H,4H2,1-3H3,(H,16,17). The van der Waals surface area contributed by atoms with Crippen LogP contribution >= 0.6 is 23.2 Å². The lowest BCUT2D eigenvalue weighted by Gasteiger charge is -2.17. The van der Waals surface area contributed by atoms with Crippen LogP contribution in [-0.4, -0.2) is 18.1 Å². The van der Waals surface area contributed by atoms with Crippen molar-refractivity contribution >= 4 is 29.1 Å². The number of hydrogen-bond acceptors (Lipinski definition) is 2. The van der Waals surface area contributed by atoms with Crippen molar-refractivity contribution in [3.63, 3.8) is 0 Å². The number of amides is 1. The average Bonchev–Trinajstić information content (AvgIpc) is 2.33. The third-order valence-corrected chi connectivity index (χ3v) is 3.31. The molecular weight excluding hydrogens is 273 g/mol. The van der Waals surface area contributed by atoms with Crippen molar-refractivity contribution in [3.8, 4) is 5.75 Å². The molecule has 0 aliphatic heterocycles. The van der Waals surface area contributed by atoms with Crippen LogP contribution < -0.4 is 10.1 Å². The van der Waals surface area contributed by atoms with E-state index >= 15 is 0 Å². The number of carbonyl (C=O) groups excluding carboxylic acids is 1. The lowest BCUT2D eigenvalue weighted by molar-refractivity contribution is -0.127. The highest BCUT2D eigenvalue weighted by Gasteiger charge is 2.16. The molecule has 1 aromatic rings. The summed E-state index contributed by atoms with van der Waals surface area (Å²) >= 11 is 11.7. The molecule has 1 aromatic carbocycles. The molecule has 2 atom stereocenters. The smallest absolute Gasteiger partial charge is 0.260 e. The van der Waals surface area contributed by atoms with Gasteiger partial charge in [0.05, 0.1) is 10.0 Å². The Kier molecular flexibility index (Phi) is 5.76. The minimum atomic E-state index is -0.573. The number of rotatable bonds is 5. The Hall–Kier alpha value is -0.930. The minimum Gasteiger partial charge on any atom is -0.481 e. The van der Waals surface area contributed by atoms with E-state index < -0.39 is 6.10 Å². The van der Waals surface area contributed by atoms with E-state index in [9.17, 15) is 4.79 Å². The molecule has 0 aliphatic rings. The maximum Gasteiger partial charge on any atom is 0.260 e. The number of halogens is 2. The second-order valence-electron chi connectivity index (χ2n) is 4.15. The van der Waals surface area contributed by atoms with E-state index in [0.717, 1.165) is 6.42 Å². The maximum absolute atomic E-state index is 11.8. The van der Waals surface area contributed by atoms with Gasteiger partial charge in [0.1, 0.15) is 5.75 Å². The highest BCUT2D eigenvalue weighted by Crippen LogP contribution is 2.26. The average molecular weight is 290 g/mol. The minimum absolute atomic E-state index is 0.136. The van der Waals surface area contributed by atoms with E-state index in [1.807, 2.05) is 13.8 Å². The molecule has 2 unspecified atom stereocenters. The predicted molar refractivity (Wildman–Crippen MR) is 74.4 cm³/mol. The van der Waals surface area contributed by atoms with Gasteiger partial charge in [-0.1, -0.05) is 30.1 Å². The zero-order chi connectivity index (χ0) is 13.7. The third kappa shape index (κ3) is 4.39. The van der Waals surface area contributed by atoms with Crippen LogP contribution in [0, 0.1) is 0 Å². The van der Waals surface area contributed by atoms with Crippen molar-refractivity contribution in [1.29, 1.82) is 0 Å². The molecule has 0 aromatic heterocycles. The van der Waals surface area contributed by atoms with E-state index in [4.69, 9.17) is 27.9 Å². The summed E-state index contributed by atoms with van der Waals surface area (Å²) in [5, 5.41) is 3.72. The number of ether oxygens (including phenoxy) is 1. The van der Waals surface area contributed by atoms with Gasteiger partial charge in [-0.25, -0.2) is 0 Å². The van der Waals surface area contributed by atoms with Crippen LogP contribution in [-0.2, 0) is 4.79 Å². The molecule has 0 fully saturated rings. The number of benzene rings is 1. The Bertz CT molecular complexity index is 423. The first-order chi connectivity index (χ1) is 8.43. The summed E-state index contributed by atoms with van der Waals surface area (Å²) in [5.74, 6) is 0.381. The molecule has 1 N–H and O–H groups in total. The normalized spacial score (nSPS) is 13.8. The van der Waals surface area contributed by atoms with Gasteiger partial charge in [-0.15, -0.1) is 0 Å². The van der Waals surface area contributed by atoms with Crippen LogP contribution in [0.5, 0.6) is 5.75 Å². The molecule has 0 bridgehead atoms. The second-order valence-corrected chi connectivity index (χ2v) is 4.97. The van der Waals surface area contributed by atoms with Gasteiger partial charge in [-0.05, 0) is 32.4 Å². The van der Waals surface area contributed by atoms with Gasteiger partial charge in [-0.3, -0.25) is 4.79 Å². The second kappa shape index (κ2) is 6.86. The van der Waals surface area contributed by atoms with Gasteiger partial charge in [0, 0.05) is 12.1 Å². The molecule has 0 spiro atoms. The Balaban J connectivity index is 2.60. The first-order valence-corrected chi connectivity index (χ1v) is 6.61. The van der Waals surface area contributed by atoms with Crippen LogP contribution in [0.3, 0.4) is 0 Å². The van der Waals surface area contributed by atoms with Gasteiger partial charge in [0.2, 0.25) is 0 Å². The van der Waals surface area contributed by atoms with Gasteiger partial charge >= 0.3 is 0 Å². The molecule has 0 saturated carbocycles. The highest BCUT2D eigenvalue weighted by atomic mass is 35.5. The van der Waals surface area contributed by atoms with Gasteiger partial charge in [0.15, 0.2) is 6.10 Å². The van der Waals surface area contributed by atoms with Crippen molar-refractivity contribution in [2.75, 3.05) is 0 Å². The predicted octanol–water partition coefficient (Wildman–Crippen LogP) is 3.68. The molecule has 3 nitrogen and oxygen atoms in total. The fraction of sp³-hybridized carbons (Fsp3) is 0.462. The molecule has 5 heteroatoms. The molecule has 100 valence electrons. The zero-order valence-electron chi connectivity index (χ0n) is 10.7. The number of nitrogens with one attached hydrogen (secondary N) is 1. The molecule has 0 radical (unpaired) electrons. The summed E-state index contributed by atoms with van der Waals surface area (Å²) in [7, 11) is 0. The summed E-state index contributed by atoms with van der Waals surface area (Å²) < 4.78 is 5.50. The number of hydrogen-bond donors (Lipinski definition) is 1. The fourth-order valence-electron chi connectivity index (χ4n) is 1.27. The van der Waals surface area contributed by atoms with Gasteiger partial charge < -0.3 is 10.1 Å². The SMILES string of the molecule is CCC(C)NC(=O)C(C)Oc1ccc(Cl)c(Cl)c1. The summed E-state index contributed by atoms with van der Waals surface area (Å²) in [4.78, 5) is 11.8. The first kappa shape index (κ1) is 15.1. The van der Waals surface area contributed by atoms with E-state index in [1.54, 1.807) is 25.1 Å². The van der Waals surface area contributed by atoms with E-state index in [-0.39, 0.29) is 11.9 Å². The van der Waals surface area contributed by atoms with Crippen molar-refractivity contribution < 1.29 is 9.53 Å². The Morgan fingerprint density at radius 3 is 2.56 bits per heavy atom. The molecule has 0 heterocycles. The van der Waals surface area contributed by atoms with Crippen LogP contribution in [0.4, 0.5) is 0 Å². The Labute approximate surface area is 117 Å². The van der Waals surface area contributed by atoms with Crippen molar-refractivity contribution in [2.24, 2.45) is 0 Å². The van der Waals surface area contributed by atoms with E-state index in [1.165, 1.54) is 0 Å². The van der Waals surface area contributed by atoms with Gasteiger partial charge in [-0.2, -0.15) is 0 Å². The van der Waals surface area contributed by atoms with Crippen LogP contribution in [0.2, 0.25) is 10.0 Å². The van der Waals surface area contributed by atoms with Crippen LogP contribution in [0.15, 0.2) is 18.2 Å². The summed E-state index contributed by atoms with van der Waals surface area (Å²) in [6, 6.07) is 5.05. The summed E-state index contributed by atoms with van der Waals surface area (Å²) in [6.45, 7) is 5.65. The lowest BCUT2D eigenvalue weighted by atomic mass is 10.2. The van der Waals surface area contributed by atoms with E-state index in [0.29, 0.717) is 15.8 Å². The maximum atomic E-state index is 11.8. The lowest BCUT2D eigenvalue weighted by Crippen LogP contribution is -2.40. The first-order valence-electron chi connectivity index (χ1n) is 5.86. The largest absolute Gasteiger partial charge is 0.481 e. The van der Waals surface area contributed by atoms with Crippen LogP contribution in [0.25, 0.3) is 0 Å². The zero-order valence-corrected chi connectivity index (χ0v) is 12.2. The molecule has 0 saturated heterocycles. The highest BCUT2D eigenvalue weighted by molar-refractivity contribution is 6.42. The quantitative estimate of drug-likeness (QED) is 0.898. The molecule has 18 heavy (non-hydrogen) atoms. The number of carbonyl (C=O) groups is 1. The van der Waals surface area contributed by atoms with Crippen molar-refractivity contribution in [1.82, 2.24) is 5.32 Å². The third-order valence-electron chi connectivity index (χ3n) is 2.57. The monoisotopic (exact) mass is 289 g/mol. The van der Waals surface area contributed by atoms with E-state index in [2.05, 4.69) is 5.32 Å². The van der Waals surface area contributed by atoms with Crippen molar-refractivity contribution in [3.05, 3.63) is 28.2 Å². The Morgan fingerprint density at radius 1 is 1.33 bits per heavy atom. The molecule has 1 amide bonds. The topological polar surface area (TPSA) is 38.3 Å².